The molecular formula is C7H8O3. The molecule has 0 aliphatic carbocycles. The monoisotopic (exact) mass is 140 g/mol. The fourth-order valence-electron chi connectivity index (χ4n) is 0.835. The van der Waals surface area contributed by atoms with Crippen LogP contribution in [0, 0.1) is 12.3 Å². The molecule has 1 heterocycles. The zero-order valence-corrected chi connectivity index (χ0v) is 5.46. The summed E-state index contributed by atoms with van der Waals surface area (Å²) in [4.78, 5) is 10.6. The van der Waals surface area contributed by atoms with E-state index in [2.05, 4.69) is 10.7 Å². The van der Waals surface area contributed by atoms with Crippen LogP contribution in [0.2, 0.25) is 0 Å². The fraction of sp³-hybridized carbons (Fsp3) is 0.571. The van der Waals surface area contributed by atoms with E-state index >= 15 is 0 Å². The Kier molecular flexibility index (Phi) is 1.64. The zero-order chi connectivity index (χ0) is 7.61. The first-order valence-electron chi connectivity index (χ1n) is 3.02. The Balaban J connectivity index is 2.64. The smallest absolute Gasteiger partial charge is 0.309 e. The molecule has 3 heteroatoms. The van der Waals surface area contributed by atoms with E-state index in [1.807, 2.05) is 0 Å². The summed E-state index contributed by atoms with van der Waals surface area (Å²) in [5.74, 6) is 1.74. The molecule has 1 N–H and O–H groups in total. The number of ether oxygens (including phenoxy) is 1. The Bertz CT molecular complexity index is 192. The molecule has 0 aromatic carbocycles. The second-order valence-electron chi connectivity index (χ2n) is 2.32. The van der Waals surface area contributed by atoms with Crippen LogP contribution in [-0.2, 0) is 9.53 Å². The van der Waals surface area contributed by atoms with E-state index in [0.29, 0.717) is 6.42 Å². The van der Waals surface area contributed by atoms with Crippen molar-refractivity contribution in [3.05, 3.63) is 0 Å². The molecule has 0 spiro atoms. The predicted octanol–water partition coefficient (Wildman–Crippen LogP) is -0.312. The number of carbonyl (C=O) groups is 1. The lowest BCUT2D eigenvalue weighted by Gasteiger charge is -2.25. The highest BCUT2D eigenvalue weighted by Crippen LogP contribution is 2.19. The molecule has 1 atom stereocenters. The summed E-state index contributed by atoms with van der Waals surface area (Å²) in [5, 5.41) is 9.31. The lowest BCUT2D eigenvalue weighted by molar-refractivity contribution is -0.155. The molecule has 10 heavy (non-hydrogen) atoms. The van der Waals surface area contributed by atoms with Crippen LogP contribution in [0.5, 0.6) is 0 Å². The standard InChI is InChI=1S/C7H8O3/c1-2-7(9)3-4-10-6(8)5-7/h1,9H,3-5H2. The van der Waals surface area contributed by atoms with Crippen LogP contribution in [0.3, 0.4) is 0 Å². The Morgan fingerprint density at radius 1 is 1.80 bits per heavy atom. The van der Waals surface area contributed by atoms with Crippen LogP contribution in [0.1, 0.15) is 12.8 Å². The minimum atomic E-state index is -1.25. The fourth-order valence-corrected chi connectivity index (χ4v) is 0.835. The quantitative estimate of drug-likeness (QED) is 0.371. The molecule has 54 valence electrons. The van der Waals surface area contributed by atoms with Gasteiger partial charge < -0.3 is 9.84 Å². The molecule has 0 radical (unpaired) electrons. The number of rotatable bonds is 0. The van der Waals surface area contributed by atoms with Gasteiger partial charge in [0.1, 0.15) is 5.60 Å². The molecule has 1 aliphatic heterocycles. The summed E-state index contributed by atoms with van der Waals surface area (Å²) < 4.78 is 4.58. The average Bonchev–Trinajstić information content (AvgIpc) is 1.88. The van der Waals surface area contributed by atoms with Crippen molar-refractivity contribution in [1.82, 2.24) is 0 Å². The number of terminal acetylenes is 1. The number of esters is 1. The molecular weight excluding hydrogens is 132 g/mol. The molecule has 0 amide bonds. The van der Waals surface area contributed by atoms with Crippen molar-refractivity contribution in [1.29, 1.82) is 0 Å². The van der Waals surface area contributed by atoms with E-state index < -0.39 is 11.6 Å². The maximum Gasteiger partial charge on any atom is 0.309 e. The molecule has 1 saturated heterocycles. The van der Waals surface area contributed by atoms with Crippen molar-refractivity contribution < 1.29 is 14.6 Å². The Labute approximate surface area is 59.0 Å². The largest absolute Gasteiger partial charge is 0.465 e. The molecule has 1 unspecified atom stereocenters. The molecule has 0 aromatic rings. The van der Waals surface area contributed by atoms with Crippen LogP contribution < -0.4 is 0 Å². The molecule has 3 nitrogen and oxygen atoms in total. The maximum atomic E-state index is 10.6. The number of hydrogen-bond acceptors (Lipinski definition) is 3. The van der Waals surface area contributed by atoms with Crippen molar-refractivity contribution in [3.8, 4) is 12.3 Å². The third kappa shape index (κ3) is 1.28. The second-order valence-corrected chi connectivity index (χ2v) is 2.32. The maximum absolute atomic E-state index is 10.6. The minimum absolute atomic E-state index is 0.0799. The van der Waals surface area contributed by atoms with E-state index in [1.54, 1.807) is 0 Å². The lowest BCUT2D eigenvalue weighted by atomic mass is 9.95. The van der Waals surface area contributed by atoms with Crippen LogP contribution >= 0.6 is 0 Å². The van der Waals surface area contributed by atoms with Gasteiger partial charge >= 0.3 is 5.97 Å². The van der Waals surface area contributed by atoms with E-state index in [-0.39, 0.29) is 13.0 Å². The van der Waals surface area contributed by atoms with Gasteiger partial charge in [-0.3, -0.25) is 4.79 Å². The van der Waals surface area contributed by atoms with Crippen molar-refractivity contribution in [3.63, 3.8) is 0 Å². The highest BCUT2D eigenvalue weighted by atomic mass is 16.5. The molecule has 0 saturated carbocycles. The van der Waals surface area contributed by atoms with Crippen molar-refractivity contribution in [2.45, 2.75) is 18.4 Å². The predicted molar refractivity (Wildman–Crippen MR) is 34.0 cm³/mol. The molecule has 0 aromatic heterocycles. The topological polar surface area (TPSA) is 46.5 Å². The van der Waals surface area contributed by atoms with Crippen LogP contribution in [0.4, 0.5) is 0 Å². The summed E-state index contributed by atoms with van der Waals surface area (Å²) >= 11 is 0. The summed E-state index contributed by atoms with van der Waals surface area (Å²) in [5.41, 5.74) is -1.25. The van der Waals surface area contributed by atoms with Gasteiger partial charge in [0.2, 0.25) is 0 Å². The van der Waals surface area contributed by atoms with Crippen molar-refractivity contribution >= 4 is 5.97 Å². The van der Waals surface area contributed by atoms with Gasteiger partial charge in [-0.05, 0) is 0 Å². The number of aliphatic hydroxyl groups is 1. The first-order chi connectivity index (χ1) is 4.66. The summed E-state index contributed by atoms with van der Waals surface area (Å²) in [6.07, 6.45) is 5.25. The third-order valence-corrected chi connectivity index (χ3v) is 1.48. The summed E-state index contributed by atoms with van der Waals surface area (Å²) in [6.45, 7) is 0.222. The van der Waals surface area contributed by atoms with Gasteiger partial charge in [0.15, 0.2) is 0 Å². The average molecular weight is 140 g/mol. The third-order valence-electron chi connectivity index (χ3n) is 1.48. The van der Waals surface area contributed by atoms with Gasteiger partial charge in [-0.25, -0.2) is 0 Å². The van der Waals surface area contributed by atoms with Gasteiger partial charge in [0.25, 0.3) is 0 Å². The molecule has 1 aliphatic rings. The van der Waals surface area contributed by atoms with Gasteiger partial charge in [-0.15, -0.1) is 6.42 Å². The Hall–Kier alpha value is -1.01. The van der Waals surface area contributed by atoms with Crippen molar-refractivity contribution in [2.24, 2.45) is 0 Å². The van der Waals surface area contributed by atoms with Gasteiger partial charge in [-0.1, -0.05) is 5.92 Å². The van der Waals surface area contributed by atoms with E-state index in [1.165, 1.54) is 0 Å². The van der Waals surface area contributed by atoms with Crippen molar-refractivity contribution in [2.75, 3.05) is 6.61 Å². The van der Waals surface area contributed by atoms with E-state index in [0.717, 1.165) is 0 Å². The summed E-state index contributed by atoms with van der Waals surface area (Å²) in [6, 6.07) is 0. The first-order valence-corrected chi connectivity index (χ1v) is 3.02. The van der Waals surface area contributed by atoms with Gasteiger partial charge in [0.05, 0.1) is 13.0 Å². The zero-order valence-electron chi connectivity index (χ0n) is 5.46. The first kappa shape index (κ1) is 7.10. The number of cyclic esters (lactones) is 1. The highest BCUT2D eigenvalue weighted by Gasteiger charge is 2.32. The SMILES string of the molecule is C#CC1(O)CCOC(=O)C1. The number of carbonyl (C=O) groups excluding carboxylic acids is 1. The van der Waals surface area contributed by atoms with E-state index in [9.17, 15) is 9.90 Å². The minimum Gasteiger partial charge on any atom is -0.465 e. The lowest BCUT2D eigenvalue weighted by Crippen LogP contribution is -2.37. The number of hydrogen-bond donors (Lipinski definition) is 1. The van der Waals surface area contributed by atoms with Gasteiger partial charge in [0, 0.05) is 6.42 Å². The van der Waals surface area contributed by atoms with Crippen LogP contribution in [0.25, 0.3) is 0 Å². The highest BCUT2D eigenvalue weighted by molar-refractivity contribution is 5.72. The summed E-state index contributed by atoms with van der Waals surface area (Å²) in [7, 11) is 0. The molecule has 0 bridgehead atoms. The molecule has 1 fully saturated rings. The van der Waals surface area contributed by atoms with E-state index in [4.69, 9.17) is 6.42 Å². The second kappa shape index (κ2) is 2.31. The molecule has 1 rings (SSSR count). The van der Waals surface area contributed by atoms with Gasteiger partial charge in [-0.2, -0.15) is 0 Å². The van der Waals surface area contributed by atoms with Crippen LogP contribution in [0.15, 0.2) is 0 Å². The normalized spacial score (nSPS) is 32.6. The van der Waals surface area contributed by atoms with Crippen LogP contribution in [-0.4, -0.2) is 23.3 Å². The Morgan fingerprint density at radius 2 is 2.50 bits per heavy atom. The Morgan fingerprint density at radius 3 is 2.90 bits per heavy atom.